The Balaban J connectivity index is 1.54. The zero-order valence-corrected chi connectivity index (χ0v) is 23.6. The molecule has 0 saturated carbocycles. The van der Waals surface area contributed by atoms with E-state index in [2.05, 4.69) is 22.5 Å². The van der Waals surface area contributed by atoms with Crippen LogP contribution in [0.15, 0.2) is 42.5 Å². The maximum Gasteiger partial charge on any atom is 0.406 e. The molecule has 1 fully saturated rings. The highest BCUT2D eigenvalue weighted by molar-refractivity contribution is 5.94. The second-order valence-corrected chi connectivity index (χ2v) is 10.3. The number of carbonyl (C=O) groups excluding carboxylic acids is 1. The Morgan fingerprint density at radius 1 is 1.21 bits per heavy atom. The molecule has 1 aliphatic rings. The van der Waals surface area contributed by atoms with Gasteiger partial charge in [0.2, 0.25) is 0 Å². The van der Waals surface area contributed by atoms with E-state index in [0.29, 0.717) is 41.0 Å². The summed E-state index contributed by atoms with van der Waals surface area (Å²) >= 11 is 0. The maximum absolute atomic E-state index is 14.7. The van der Waals surface area contributed by atoms with Crippen LogP contribution in [0.3, 0.4) is 0 Å². The van der Waals surface area contributed by atoms with Crippen LogP contribution >= 0.6 is 0 Å². The number of nitrogens with zero attached hydrogens (tertiary/aromatic N) is 2. The second-order valence-electron chi connectivity index (χ2n) is 10.3. The SMILES string of the molecule is COc1cc(C(=O)OCC(C)O)ccc1NCC#Cc1cc2c(N[C@H]3CCN(C)C[C@H]3F)cccc2n1CC(F)(F)F. The first-order chi connectivity index (χ1) is 19.9. The van der Waals surface area contributed by atoms with Crippen LogP contribution in [-0.2, 0) is 11.3 Å². The molecular weight excluding hydrogens is 556 g/mol. The third kappa shape index (κ3) is 7.86. The number of esters is 1. The van der Waals surface area contributed by atoms with Crippen molar-refractivity contribution in [3.05, 3.63) is 53.7 Å². The summed E-state index contributed by atoms with van der Waals surface area (Å²) < 4.78 is 66.8. The predicted octanol–water partition coefficient (Wildman–Crippen LogP) is 4.67. The van der Waals surface area contributed by atoms with Gasteiger partial charge in [0.15, 0.2) is 0 Å². The number of likely N-dealkylation sites (tertiary alicyclic amines) is 1. The Bertz CT molecular complexity index is 1460. The molecule has 0 bridgehead atoms. The number of rotatable bonds is 9. The third-order valence-electron chi connectivity index (χ3n) is 6.85. The van der Waals surface area contributed by atoms with Crippen molar-refractivity contribution in [3.8, 4) is 17.6 Å². The van der Waals surface area contributed by atoms with Gasteiger partial charge in [0.1, 0.15) is 25.1 Å². The van der Waals surface area contributed by atoms with Gasteiger partial charge in [0.25, 0.3) is 0 Å². The number of methoxy groups -OCH3 is 1. The van der Waals surface area contributed by atoms with Gasteiger partial charge in [-0.3, -0.25) is 0 Å². The molecule has 1 saturated heterocycles. The van der Waals surface area contributed by atoms with E-state index in [9.17, 15) is 27.5 Å². The first-order valence-electron chi connectivity index (χ1n) is 13.5. The molecule has 3 N–H and O–H groups in total. The van der Waals surface area contributed by atoms with Crippen LogP contribution in [0.5, 0.6) is 5.75 Å². The zero-order valence-electron chi connectivity index (χ0n) is 23.6. The summed E-state index contributed by atoms with van der Waals surface area (Å²) in [6.45, 7) is 1.20. The molecule has 42 heavy (non-hydrogen) atoms. The van der Waals surface area contributed by atoms with Gasteiger partial charge in [0, 0.05) is 24.2 Å². The van der Waals surface area contributed by atoms with Crippen molar-refractivity contribution >= 4 is 28.2 Å². The number of aliphatic hydroxyl groups is 1. The van der Waals surface area contributed by atoms with E-state index in [1.165, 1.54) is 26.2 Å². The highest BCUT2D eigenvalue weighted by atomic mass is 19.4. The number of hydrogen-bond acceptors (Lipinski definition) is 7. The molecule has 12 heteroatoms. The number of hydrogen-bond donors (Lipinski definition) is 3. The van der Waals surface area contributed by atoms with E-state index in [1.54, 1.807) is 30.3 Å². The van der Waals surface area contributed by atoms with Crippen molar-refractivity contribution in [2.24, 2.45) is 0 Å². The summed E-state index contributed by atoms with van der Waals surface area (Å²) in [5.41, 5.74) is 1.81. The minimum atomic E-state index is -4.48. The van der Waals surface area contributed by atoms with Crippen molar-refractivity contribution in [2.45, 2.75) is 44.4 Å². The van der Waals surface area contributed by atoms with Gasteiger partial charge < -0.3 is 34.7 Å². The van der Waals surface area contributed by atoms with E-state index < -0.39 is 37.0 Å². The summed E-state index contributed by atoms with van der Waals surface area (Å²) in [5, 5.41) is 16.1. The Hall–Kier alpha value is -3.95. The fourth-order valence-electron chi connectivity index (χ4n) is 4.80. The number of anilines is 2. The van der Waals surface area contributed by atoms with Gasteiger partial charge in [-0.15, -0.1) is 0 Å². The predicted molar refractivity (Wildman–Crippen MR) is 153 cm³/mol. The zero-order chi connectivity index (χ0) is 30.4. The van der Waals surface area contributed by atoms with E-state index >= 15 is 0 Å². The molecule has 1 aliphatic heterocycles. The van der Waals surface area contributed by atoms with Crippen LogP contribution in [0.25, 0.3) is 10.9 Å². The third-order valence-corrected chi connectivity index (χ3v) is 6.85. The van der Waals surface area contributed by atoms with Gasteiger partial charge in [-0.25, -0.2) is 9.18 Å². The van der Waals surface area contributed by atoms with Crippen molar-refractivity contribution in [1.82, 2.24) is 9.47 Å². The first kappa shape index (κ1) is 31.0. The molecule has 226 valence electrons. The average molecular weight is 591 g/mol. The van der Waals surface area contributed by atoms with Crippen molar-refractivity contribution in [1.29, 1.82) is 0 Å². The van der Waals surface area contributed by atoms with Crippen LogP contribution in [-0.4, -0.2) is 85.4 Å². The number of nitrogens with one attached hydrogen (secondary N) is 2. The first-order valence-corrected chi connectivity index (χ1v) is 13.5. The lowest BCUT2D eigenvalue weighted by atomic mass is 10.0. The van der Waals surface area contributed by atoms with E-state index in [4.69, 9.17) is 9.47 Å². The largest absolute Gasteiger partial charge is 0.495 e. The van der Waals surface area contributed by atoms with Gasteiger partial charge in [0.05, 0.1) is 48.3 Å². The smallest absolute Gasteiger partial charge is 0.406 e. The van der Waals surface area contributed by atoms with Crippen molar-refractivity contribution in [3.63, 3.8) is 0 Å². The Morgan fingerprint density at radius 2 is 2.00 bits per heavy atom. The summed E-state index contributed by atoms with van der Waals surface area (Å²) in [6.07, 6.45) is -5.81. The summed E-state index contributed by atoms with van der Waals surface area (Å²) in [6, 6.07) is 10.7. The molecule has 1 unspecified atom stereocenters. The minimum absolute atomic E-state index is 0.0694. The highest BCUT2D eigenvalue weighted by Gasteiger charge is 2.31. The maximum atomic E-state index is 14.7. The monoisotopic (exact) mass is 590 g/mol. The summed E-state index contributed by atoms with van der Waals surface area (Å²) in [5.74, 6) is 5.42. The number of benzene rings is 2. The Morgan fingerprint density at radius 3 is 2.69 bits per heavy atom. The number of alkyl halides is 4. The van der Waals surface area contributed by atoms with E-state index in [-0.39, 0.29) is 31.0 Å². The molecule has 0 amide bonds. The van der Waals surface area contributed by atoms with Crippen LogP contribution in [0.1, 0.15) is 29.4 Å². The molecule has 2 heterocycles. The van der Waals surface area contributed by atoms with Crippen LogP contribution in [0.2, 0.25) is 0 Å². The number of piperidine rings is 1. The number of aromatic nitrogens is 1. The highest BCUT2D eigenvalue weighted by Crippen LogP contribution is 2.32. The van der Waals surface area contributed by atoms with E-state index in [1.807, 2.05) is 11.9 Å². The fourth-order valence-corrected chi connectivity index (χ4v) is 4.80. The summed E-state index contributed by atoms with van der Waals surface area (Å²) in [7, 11) is 3.28. The van der Waals surface area contributed by atoms with Crippen molar-refractivity contribution < 1.29 is 36.9 Å². The van der Waals surface area contributed by atoms with Gasteiger partial charge in [-0.1, -0.05) is 12.0 Å². The normalized spacial score (nSPS) is 18.2. The number of halogens is 4. The molecular formula is C30H34F4N4O4. The number of carbonyl (C=O) groups is 1. The molecule has 1 aromatic heterocycles. The topological polar surface area (TPSA) is 88.0 Å². The lowest BCUT2D eigenvalue weighted by molar-refractivity contribution is -0.140. The van der Waals surface area contributed by atoms with Crippen LogP contribution in [0, 0.1) is 11.8 Å². The number of fused-ring (bicyclic) bond motifs is 1. The number of aliphatic hydroxyl groups excluding tert-OH is 1. The molecule has 3 atom stereocenters. The Labute approximate surface area is 241 Å². The van der Waals surface area contributed by atoms with Crippen molar-refractivity contribution in [2.75, 3.05) is 51.0 Å². The molecule has 0 spiro atoms. The molecule has 3 aromatic rings. The summed E-state index contributed by atoms with van der Waals surface area (Å²) in [4.78, 5) is 14.1. The lowest BCUT2D eigenvalue weighted by Crippen LogP contribution is -2.46. The lowest BCUT2D eigenvalue weighted by Gasteiger charge is -2.33. The number of ether oxygens (including phenoxy) is 2. The average Bonchev–Trinajstić information content (AvgIpc) is 3.27. The van der Waals surface area contributed by atoms with Gasteiger partial charge in [-0.2, -0.15) is 13.2 Å². The molecule has 2 aromatic carbocycles. The molecule has 0 radical (unpaired) electrons. The van der Waals surface area contributed by atoms with E-state index in [0.717, 1.165) is 4.57 Å². The molecule has 4 rings (SSSR count). The van der Waals surface area contributed by atoms with Gasteiger partial charge in [-0.05, 0) is 62.7 Å². The van der Waals surface area contributed by atoms with Gasteiger partial charge >= 0.3 is 12.1 Å². The quantitative estimate of drug-likeness (QED) is 0.190. The standard InChI is InChI=1S/C30H34F4N4O4/c1-19(39)17-42-29(40)20-9-10-26(28(14-20)41-3)35-12-5-6-21-15-22-24(36-25-11-13-37(2)16-23(25)31)7-4-8-27(22)38(21)18-30(32,33)34/h4,7-10,14-15,19,23,25,35-36,39H,11-13,16-18H2,1-3H3/t19?,23-,25+/m1/s1. The minimum Gasteiger partial charge on any atom is -0.495 e. The Kier molecular flexibility index (Phi) is 9.85. The van der Waals surface area contributed by atoms with Crippen LogP contribution < -0.4 is 15.4 Å². The van der Waals surface area contributed by atoms with Crippen LogP contribution in [0.4, 0.5) is 28.9 Å². The second kappa shape index (κ2) is 13.4. The molecule has 8 nitrogen and oxygen atoms in total. The molecule has 0 aliphatic carbocycles. The fraction of sp³-hybridized carbons (Fsp3) is 0.433.